The number of aromatic nitrogens is 1. The second-order valence-corrected chi connectivity index (χ2v) is 6.80. The molecule has 0 unspecified atom stereocenters. The van der Waals surface area contributed by atoms with Gasteiger partial charge in [-0.15, -0.1) is 0 Å². The van der Waals surface area contributed by atoms with Crippen LogP contribution in [0.15, 0.2) is 23.4 Å². The van der Waals surface area contributed by atoms with Crippen molar-refractivity contribution >= 4 is 10.0 Å². The van der Waals surface area contributed by atoms with Crippen molar-refractivity contribution in [2.24, 2.45) is 7.05 Å². The molecular formula is C12H20N2O3S. The lowest BCUT2D eigenvalue weighted by Crippen LogP contribution is -2.52. The predicted molar refractivity (Wildman–Crippen MR) is 68.6 cm³/mol. The largest absolute Gasteiger partial charge is 0.394 e. The number of aliphatic hydroxyl groups excluding tert-OH is 1. The molecule has 1 aliphatic rings. The fraction of sp³-hybridized carbons (Fsp3) is 0.667. The SMILES string of the molecule is Cn1ccc(S(=O)(=O)NC2(CO)CCCCC2)c1. The van der Waals surface area contributed by atoms with E-state index in [9.17, 15) is 13.5 Å². The minimum Gasteiger partial charge on any atom is -0.394 e. The van der Waals surface area contributed by atoms with Crippen LogP contribution in [0.3, 0.4) is 0 Å². The Morgan fingerprint density at radius 2 is 2.06 bits per heavy atom. The number of hydrogen-bond donors (Lipinski definition) is 2. The number of nitrogens with zero attached hydrogens (tertiary/aromatic N) is 1. The molecule has 0 bridgehead atoms. The highest BCUT2D eigenvalue weighted by atomic mass is 32.2. The summed E-state index contributed by atoms with van der Waals surface area (Å²) in [4.78, 5) is 0.253. The molecule has 2 N–H and O–H groups in total. The highest BCUT2D eigenvalue weighted by molar-refractivity contribution is 7.89. The van der Waals surface area contributed by atoms with E-state index in [0.717, 1.165) is 19.3 Å². The summed E-state index contributed by atoms with van der Waals surface area (Å²) < 4.78 is 28.9. The van der Waals surface area contributed by atoms with Crippen molar-refractivity contribution < 1.29 is 13.5 Å². The van der Waals surface area contributed by atoms with Gasteiger partial charge in [-0.2, -0.15) is 0 Å². The summed E-state index contributed by atoms with van der Waals surface area (Å²) in [6, 6.07) is 1.57. The Kier molecular flexibility index (Phi) is 3.79. The molecule has 0 saturated heterocycles. The first-order valence-corrected chi connectivity index (χ1v) is 7.73. The quantitative estimate of drug-likeness (QED) is 0.859. The molecule has 5 nitrogen and oxygen atoms in total. The maximum atomic E-state index is 12.2. The van der Waals surface area contributed by atoms with Crippen molar-refractivity contribution in [3.63, 3.8) is 0 Å². The third-order valence-corrected chi connectivity index (χ3v) is 5.14. The van der Waals surface area contributed by atoms with Crippen LogP contribution >= 0.6 is 0 Å². The average molecular weight is 272 g/mol. The summed E-state index contributed by atoms with van der Waals surface area (Å²) in [6.45, 7) is -0.140. The number of rotatable bonds is 4. The van der Waals surface area contributed by atoms with Crippen molar-refractivity contribution in [1.29, 1.82) is 0 Å². The minimum atomic E-state index is -3.54. The van der Waals surface area contributed by atoms with Crippen LogP contribution < -0.4 is 4.72 Å². The van der Waals surface area contributed by atoms with Crippen LogP contribution in [-0.2, 0) is 17.1 Å². The van der Waals surface area contributed by atoms with Crippen LogP contribution in [0.2, 0.25) is 0 Å². The molecule has 0 atom stereocenters. The van der Waals surface area contributed by atoms with Crippen LogP contribution in [0.1, 0.15) is 32.1 Å². The van der Waals surface area contributed by atoms with E-state index in [1.807, 2.05) is 0 Å². The molecule has 1 fully saturated rings. The maximum absolute atomic E-state index is 12.2. The van der Waals surface area contributed by atoms with Gasteiger partial charge in [-0.05, 0) is 18.9 Å². The second kappa shape index (κ2) is 5.03. The first-order valence-electron chi connectivity index (χ1n) is 6.24. The summed E-state index contributed by atoms with van der Waals surface area (Å²) in [7, 11) is -1.76. The summed E-state index contributed by atoms with van der Waals surface area (Å²) in [5, 5.41) is 9.52. The van der Waals surface area contributed by atoms with E-state index in [-0.39, 0.29) is 11.5 Å². The van der Waals surface area contributed by atoms with Crippen molar-refractivity contribution in [1.82, 2.24) is 9.29 Å². The Balaban J connectivity index is 2.21. The Hall–Kier alpha value is -0.850. The van der Waals surface area contributed by atoms with Gasteiger partial charge >= 0.3 is 0 Å². The third kappa shape index (κ3) is 2.76. The molecule has 1 aromatic rings. The maximum Gasteiger partial charge on any atom is 0.242 e. The molecule has 0 aromatic carbocycles. The number of hydrogen-bond acceptors (Lipinski definition) is 3. The van der Waals surface area contributed by atoms with E-state index < -0.39 is 15.6 Å². The molecule has 2 rings (SSSR count). The summed E-state index contributed by atoms with van der Waals surface area (Å²) in [5.74, 6) is 0. The Morgan fingerprint density at radius 3 is 2.56 bits per heavy atom. The molecule has 0 amide bonds. The Labute approximate surface area is 108 Å². The van der Waals surface area contributed by atoms with Gasteiger partial charge in [0.25, 0.3) is 0 Å². The van der Waals surface area contributed by atoms with Gasteiger partial charge in [-0.25, -0.2) is 13.1 Å². The number of sulfonamides is 1. The summed E-state index contributed by atoms with van der Waals surface area (Å²) >= 11 is 0. The molecule has 1 heterocycles. The van der Waals surface area contributed by atoms with E-state index in [0.29, 0.717) is 12.8 Å². The number of nitrogens with one attached hydrogen (secondary N) is 1. The van der Waals surface area contributed by atoms with E-state index in [4.69, 9.17) is 0 Å². The predicted octanol–water partition coefficient (Wildman–Crippen LogP) is 0.999. The zero-order valence-corrected chi connectivity index (χ0v) is 11.4. The Morgan fingerprint density at radius 1 is 1.39 bits per heavy atom. The topological polar surface area (TPSA) is 71.3 Å². The van der Waals surface area contributed by atoms with Gasteiger partial charge < -0.3 is 9.67 Å². The van der Waals surface area contributed by atoms with Crippen molar-refractivity contribution in [2.75, 3.05) is 6.61 Å². The van der Waals surface area contributed by atoms with Gasteiger partial charge in [0.1, 0.15) is 0 Å². The van der Waals surface area contributed by atoms with Crippen molar-refractivity contribution in [3.05, 3.63) is 18.5 Å². The van der Waals surface area contributed by atoms with Gasteiger partial charge in [-0.1, -0.05) is 19.3 Å². The van der Waals surface area contributed by atoms with Crippen LogP contribution in [0.25, 0.3) is 0 Å². The smallest absolute Gasteiger partial charge is 0.242 e. The number of aliphatic hydroxyl groups is 1. The zero-order valence-electron chi connectivity index (χ0n) is 10.6. The van der Waals surface area contributed by atoms with Crippen molar-refractivity contribution in [3.8, 4) is 0 Å². The standard InChI is InChI=1S/C12H20N2O3S/c1-14-8-5-11(9-14)18(16,17)13-12(10-15)6-3-2-4-7-12/h5,8-9,13,15H,2-4,6-7,10H2,1H3. The van der Waals surface area contributed by atoms with Crippen LogP contribution in [0.4, 0.5) is 0 Å². The van der Waals surface area contributed by atoms with Crippen molar-refractivity contribution in [2.45, 2.75) is 42.5 Å². The van der Waals surface area contributed by atoms with E-state index >= 15 is 0 Å². The molecule has 6 heteroatoms. The molecule has 1 aromatic heterocycles. The first kappa shape index (κ1) is 13.6. The summed E-state index contributed by atoms with van der Waals surface area (Å²) in [5.41, 5.74) is -0.674. The lowest BCUT2D eigenvalue weighted by atomic mass is 9.83. The van der Waals surface area contributed by atoms with Crippen LogP contribution in [0, 0.1) is 0 Å². The average Bonchev–Trinajstić information content (AvgIpc) is 2.77. The molecule has 1 aliphatic carbocycles. The molecule has 0 spiro atoms. The molecule has 0 aliphatic heterocycles. The monoisotopic (exact) mass is 272 g/mol. The minimum absolute atomic E-state index is 0.140. The van der Waals surface area contributed by atoms with Gasteiger partial charge in [0.05, 0.1) is 17.0 Å². The zero-order chi connectivity index (χ0) is 13.2. The summed E-state index contributed by atoms with van der Waals surface area (Å²) in [6.07, 6.45) is 7.69. The highest BCUT2D eigenvalue weighted by Crippen LogP contribution is 2.29. The fourth-order valence-electron chi connectivity index (χ4n) is 2.50. The van der Waals surface area contributed by atoms with Gasteiger partial charge in [0, 0.05) is 19.4 Å². The normalized spacial score (nSPS) is 19.9. The highest BCUT2D eigenvalue weighted by Gasteiger charge is 2.36. The van der Waals surface area contributed by atoms with Crippen LogP contribution in [-0.4, -0.2) is 30.2 Å². The molecule has 18 heavy (non-hydrogen) atoms. The Bertz CT molecular complexity index is 501. The third-order valence-electron chi connectivity index (χ3n) is 3.58. The lowest BCUT2D eigenvalue weighted by Gasteiger charge is -2.35. The van der Waals surface area contributed by atoms with Crippen LogP contribution in [0.5, 0.6) is 0 Å². The fourth-order valence-corrected chi connectivity index (χ4v) is 4.00. The molecule has 1 saturated carbocycles. The lowest BCUT2D eigenvalue weighted by molar-refractivity contribution is 0.142. The van der Waals surface area contributed by atoms with E-state index in [2.05, 4.69) is 4.72 Å². The first-order chi connectivity index (χ1) is 8.47. The molecular weight excluding hydrogens is 252 g/mol. The number of aryl methyl sites for hydroxylation is 1. The van der Waals surface area contributed by atoms with Gasteiger partial charge in [0.15, 0.2) is 0 Å². The molecule has 102 valence electrons. The van der Waals surface area contributed by atoms with E-state index in [1.165, 1.54) is 0 Å². The molecule has 0 radical (unpaired) electrons. The van der Waals surface area contributed by atoms with E-state index in [1.54, 1.807) is 30.1 Å². The van der Waals surface area contributed by atoms with Gasteiger partial charge in [0.2, 0.25) is 10.0 Å². The second-order valence-electron chi connectivity index (χ2n) is 5.12. The van der Waals surface area contributed by atoms with Gasteiger partial charge in [-0.3, -0.25) is 0 Å².